The number of pyridine rings is 1. The van der Waals surface area contributed by atoms with Crippen molar-refractivity contribution in [2.75, 3.05) is 0 Å². The molecule has 0 amide bonds. The fourth-order valence-corrected chi connectivity index (χ4v) is 0.969. The number of nitrogens with one attached hydrogen (secondary N) is 1. The van der Waals surface area contributed by atoms with Gasteiger partial charge in [0, 0.05) is 5.69 Å². The molecule has 0 saturated heterocycles. The normalized spacial score (nSPS) is 10.7. The largest absolute Gasteiger partial charge is 0.230 e. The van der Waals surface area contributed by atoms with E-state index in [2.05, 4.69) is 20.4 Å². The molecule has 0 aliphatic rings. The molecule has 0 fully saturated rings. The number of H-pyrrole nitrogens is 1. The second-order valence-corrected chi connectivity index (χ2v) is 2.56. The number of rotatable bonds is 0. The quantitative estimate of drug-likeness (QED) is 0.605. The third kappa shape index (κ3) is 0.869. The Hall–Kier alpha value is -1.45. The van der Waals surface area contributed by atoms with E-state index in [-0.39, 0.29) is 0 Å². The molecule has 0 bridgehead atoms. The predicted molar refractivity (Wildman–Crippen MR) is 41.2 cm³/mol. The average Bonchev–Trinajstić information content (AvgIpc) is 2.36. The van der Waals surface area contributed by atoms with E-state index in [9.17, 15) is 0 Å². The number of nitrogens with zero attached hydrogens (tertiary/aromatic N) is 3. The second-order valence-electron chi connectivity index (χ2n) is 2.56. The summed E-state index contributed by atoms with van der Waals surface area (Å²) in [6.45, 7) is 3.97. The molecule has 0 saturated carbocycles. The van der Waals surface area contributed by atoms with Crippen molar-refractivity contribution < 1.29 is 0 Å². The molecule has 0 unspecified atom stereocenters. The summed E-state index contributed by atoms with van der Waals surface area (Å²) in [5.74, 6) is 0. The van der Waals surface area contributed by atoms with E-state index in [1.807, 2.05) is 19.9 Å². The van der Waals surface area contributed by atoms with Crippen LogP contribution in [-0.4, -0.2) is 20.4 Å². The van der Waals surface area contributed by atoms with E-state index < -0.39 is 0 Å². The van der Waals surface area contributed by atoms with Gasteiger partial charge in [0.05, 0.1) is 0 Å². The van der Waals surface area contributed by atoms with Crippen molar-refractivity contribution in [2.45, 2.75) is 13.8 Å². The highest BCUT2D eigenvalue weighted by atomic mass is 15.3. The molecule has 0 atom stereocenters. The minimum Gasteiger partial charge on any atom is -0.230 e. The average molecular weight is 148 g/mol. The van der Waals surface area contributed by atoms with Crippen molar-refractivity contribution in [2.24, 2.45) is 0 Å². The van der Waals surface area contributed by atoms with Gasteiger partial charge >= 0.3 is 0 Å². The second kappa shape index (κ2) is 2.02. The van der Waals surface area contributed by atoms with E-state index in [0.29, 0.717) is 5.65 Å². The Morgan fingerprint density at radius 3 is 2.91 bits per heavy atom. The molecule has 0 spiro atoms. The summed E-state index contributed by atoms with van der Waals surface area (Å²) in [7, 11) is 0. The standard InChI is InChI=1S/C7H8N4/c1-4-3-6-7(8-5(4)2)10-11-9-6/h3H,1-2H3,(H,8,9,10,11). The van der Waals surface area contributed by atoms with Gasteiger partial charge in [-0.25, -0.2) is 4.98 Å². The minimum atomic E-state index is 0.688. The molecule has 2 heterocycles. The Bertz CT molecular complexity index is 354. The lowest BCUT2D eigenvalue weighted by Crippen LogP contribution is -1.86. The van der Waals surface area contributed by atoms with Crippen molar-refractivity contribution in [1.29, 1.82) is 0 Å². The Morgan fingerprint density at radius 1 is 1.27 bits per heavy atom. The Kier molecular flexibility index (Phi) is 1.15. The van der Waals surface area contributed by atoms with Gasteiger partial charge in [-0.05, 0) is 25.5 Å². The summed E-state index contributed by atoms with van der Waals surface area (Å²) in [6, 6.07) is 1.97. The van der Waals surface area contributed by atoms with Gasteiger partial charge in [-0.1, -0.05) is 0 Å². The zero-order valence-corrected chi connectivity index (χ0v) is 6.42. The van der Waals surface area contributed by atoms with Crippen molar-refractivity contribution in [3.05, 3.63) is 17.3 Å². The molecule has 1 N–H and O–H groups in total. The molecule has 56 valence electrons. The molecular weight excluding hydrogens is 140 g/mol. The minimum absolute atomic E-state index is 0.688. The van der Waals surface area contributed by atoms with Crippen LogP contribution in [0.4, 0.5) is 0 Å². The van der Waals surface area contributed by atoms with Crippen molar-refractivity contribution in [1.82, 2.24) is 20.4 Å². The first kappa shape index (κ1) is 6.27. The van der Waals surface area contributed by atoms with Crippen LogP contribution in [0.5, 0.6) is 0 Å². The predicted octanol–water partition coefficient (Wildman–Crippen LogP) is 0.970. The van der Waals surface area contributed by atoms with Gasteiger partial charge < -0.3 is 0 Å². The van der Waals surface area contributed by atoms with E-state index in [4.69, 9.17) is 0 Å². The van der Waals surface area contributed by atoms with Crippen LogP contribution in [0.2, 0.25) is 0 Å². The summed E-state index contributed by atoms with van der Waals surface area (Å²) in [5.41, 5.74) is 3.67. The van der Waals surface area contributed by atoms with Gasteiger partial charge in [-0.3, -0.25) is 0 Å². The topological polar surface area (TPSA) is 54.5 Å². The molecule has 2 aromatic rings. The molecule has 0 aliphatic heterocycles. The van der Waals surface area contributed by atoms with E-state index in [0.717, 1.165) is 16.8 Å². The molecule has 2 rings (SSSR count). The maximum absolute atomic E-state index is 4.23. The highest BCUT2D eigenvalue weighted by Crippen LogP contribution is 2.09. The maximum Gasteiger partial charge on any atom is 0.201 e. The zero-order valence-electron chi connectivity index (χ0n) is 6.42. The first-order valence-corrected chi connectivity index (χ1v) is 3.42. The third-order valence-corrected chi connectivity index (χ3v) is 1.75. The molecule has 11 heavy (non-hydrogen) atoms. The molecule has 0 radical (unpaired) electrons. The van der Waals surface area contributed by atoms with Gasteiger partial charge in [0.2, 0.25) is 5.65 Å². The highest BCUT2D eigenvalue weighted by molar-refractivity contribution is 5.69. The molecule has 0 aromatic carbocycles. The summed E-state index contributed by atoms with van der Waals surface area (Å²) < 4.78 is 0. The van der Waals surface area contributed by atoms with Gasteiger partial charge in [0.25, 0.3) is 0 Å². The van der Waals surface area contributed by atoms with Gasteiger partial charge in [-0.15, -0.1) is 5.10 Å². The molecule has 0 aliphatic carbocycles. The van der Waals surface area contributed by atoms with E-state index in [1.54, 1.807) is 0 Å². The summed E-state index contributed by atoms with van der Waals surface area (Å²) in [5, 5.41) is 10.3. The number of aromatic amines is 1. The number of hydrogen-bond donors (Lipinski definition) is 1. The summed E-state index contributed by atoms with van der Waals surface area (Å²) in [4.78, 5) is 4.23. The van der Waals surface area contributed by atoms with Crippen LogP contribution in [0.3, 0.4) is 0 Å². The number of aryl methyl sites for hydroxylation is 2. The van der Waals surface area contributed by atoms with Crippen LogP contribution >= 0.6 is 0 Å². The summed E-state index contributed by atoms with van der Waals surface area (Å²) in [6.07, 6.45) is 0. The van der Waals surface area contributed by atoms with Crippen LogP contribution in [0, 0.1) is 13.8 Å². The molecule has 2 aromatic heterocycles. The fraction of sp³-hybridized carbons (Fsp3) is 0.286. The number of aromatic nitrogens is 4. The van der Waals surface area contributed by atoms with Crippen LogP contribution in [-0.2, 0) is 0 Å². The Balaban J connectivity index is 2.86. The fourth-order valence-electron chi connectivity index (χ4n) is 0.969. The monoisotopic (exact) mass is 148 g/mol. The first-order valence-electron chi connectivity index (χ1n) is 3.42. The lowest BCUT2D eigenvalue weighted by atomic mass is 10.2. The smallest absolute Gasteiger partial charge is 0.201 e. The Morgan fingerprint density at radius 2 is 2.09 bits per heavy atom. The van der Waals surface area contributed by atoms with Gasteiger partial charge in [0.15, 0.2) is 0 Å². The SMILES string of the molecule is Cc1cc2n[nH]nc2nc1C. The summed E-state index contributed by atoms with van der Waals surface area (Å²) >= 11 is 0. The van der Waals surface area contributed by atoms with Crippen LogP contribution < -0.4 is 0 Å². The highest BCUT2D eigenvalue weighted by Gasteiger charge is 2.01. The Labute approximate surface area is 63.6 Å². The third-order valence-electron chi connectivity index (χ3n) is 1.75. The molecule has 4 heteroatoms. The van der Waals surface area contributed by atoms with Gasteiger partial charge in [0.1, 0.15) is 5.52 Å². The van der Waals surface area contributed by atoms with E-state index in [1.165, 1.54) is 0 Å². The van der Waals surface area contributed by atoms with Crippen LogP contribution in [0.25, 0.3) is 11.2 Å². The van der Waals surface area contributed by atoms with Crippen molar-refractivity contribution in [3.63, 3.8) is 0 Å². The molecule has 4 nitrogen and oxygen atoms in total. The van der Waals surface area contributed by atoms with Gasteiger partial charge in [-0.2, -0.15) is 10.3 Å². The maximum atomic E-state index is 4.23. The zero-order chi connectivity index (χ0) is 7.84. The first-order chi connectivity index (χ1) is 5.27. The lowest BCUT2D eigenvalue weighted by Gasteiger charge is -1.94. The number of hydrogen-bond acceptors (Lipinski definition) is 3. The van der Waals surface area contributed by atoms with Crippen molar-refractivity contribution in [3.8, 4) is 0 Å². The van der Waals surface area contributed by atoms with Crippen LogP contribution in [0.15, 0.2) is 6.07 Å². The lowest BCUT2D eigenvalue weighted by molar-refractivity contribution is 0.953. The molecular formula is C7H8N4. The van der Waals surface area contributed by atoms with E-state index >= 15 is 0 Å². The van der Waals surface area contributed by atoms with Crippen LogP contribution in [0.1, 0.15) is 11.3 Å². The van der Waals surface area contributed by atoms with Crippen molar-refractivity contribution >= 4 is 11.2 Å². The number of fused-ring (bicyclic) bond motifs is 1.